The average Bonchev–Trinajstić information content (AvgIpc) is 3.30. The van der Waals surface area contributed by atoms with E-state index < -0.39 is 0 Å². The number of nitrogens with one attached hydrogen (secondary N) is 1. The Kier molecular flexibility index (Phi) is 12.7. The lowest BCUT2D eigenvalue weighted by molar-refractivity contribution is 0.724. The molecule has 0 bridgehead atoms. The number of allylic oxidation sites excluding steroid dienone is 7. The monoisotopic (exact) mass is 763 g/mol. The summed E-state index contributed by atoms with van der Waals surface area (Å²) in [7, 11) is 0. The van der Waals surface area contributed by atoms with E-state index in [1.807, 2.05) is 19.9 Å². The zero-order valence-electron chi connectivity index (χ0n) is 34.8. The van der Waals surface area contributed by atoms with Crippen LogP contribution in [0.25, 0.3) is 71.4 Å². The Bertz CT molecular complexity index is 2930. The first-order valence-electron chi connectivity index (χ1n) is 20.9. The molecule has 8 aromatic rings. The van der Waals surface area contributed by atoms with Gasteiger partial charge in [-0.2, -0.15) is 0 Å². The largest absolute Gasteiger partial charge is 0.309 e. The highest BCUT2D eigenvalue weighted by Crippen LogP contribution is 2.44. The summed E-state index contributed by atoms with van der Waals surface area (Å²) in [6, 6.07) is 57.8. The Morgan fingerprint density at radius 2 is 1.19 bits per heavy atom. The lowest BCUT2D eigenvalue weighted by Crippen LogP contribution is -2.09. The van der Waals surface area contributed by atoms with Gasteiger partial charge in [0.2, 0.25) is 0 Å². The van der Waals surface area contributed by atoms with Gasteiger partial charge in [-0.15, -0.1) is 13.2 Å². The van der Waals surface area contributed by atoms with Gasteiger partial charge in [-0.1, -0.05) is 184 Å². The molecular weight excluding hydrogens is 711 g/mol. The van der Waals surface area contributed by atoms with Crippen LogP contribution in [0.3, 0.4) is 0 Å². The van der Waals surface area contributed by atoms with Gasteiger partial charge in [-0.25, -0.2) is 0 Å². The van der Waals surface area contributed by atoms with Gasteiger partial charge in [-0.3, -0.25) is 0 Å². The Labute approximate surface area is 350 Å². The summed E-state index contributed by atoms with van der Waals surface area (Å²) in [6.07, 6.45) is 11.9. The minimum absolute atomic E-state index is 0.377. The second-order valence-electron chi connectivity index (χ2n) is 14.9. The first-order valence-corrected chi connectivity index (χ1v) is 20.9. The van der Waals surface area contributed by atoms with Crippen molar-refractivity contribution in [3.05, 3.63) is 223 Å². The van der Waals surface area contributed by atoms with E-state index in [4.69, 9.17) is 5.41 Å². The molecule has 0 spiro atoms. The normalized spacial score (nSPS) is 14.2. The van der Waals surface area contributed by atoms with E-state index in [2.05, 4.69) is 197 Å². The Morgan fingerprint density at radius 1 is 0.627 bits per heavy atom. The molecular formula is C58H53N. The highest BCUT2D eigenvalue weighted by atomic mass is 14.3. The maximum Gasteiger partial charge on any atom is 0.0177 e. The molecule has 1 nitrogen and oxygen atoms in total. The highest BCUT2D eigenvalue weighted by molar-refractivity contribution is 6.13. The van der Waals surface area contributed by atoms with Crippen LogP contribution in [0.4, 0.5) is 0 Å². The third-order valence-electron chi connectivity index (χ3n) is 11.4. The van der Waals surface area contributed by atoms with Gasteiger partial charge in [0.25, 0.3) is 0 Å². The molecule has 8 aromatic carbocycles. The second kappa shape index (κ2) is 18.6. The van der Waals surface area contributed by atoms with Crippen LogP contribution in [-0.4, -0.2) is 6.21 Å². The molecule has 0 fully saturated rings. The minimum atomic E-state index is 0.377. The van der Waals surface area contributed by atoms with Crippen molar-refractivity contribution >= 4 is 66.5 Å². The molecule has 0 radical (unpaired) electrons. The summed E-state index contributed by atoms with van der Waals surface area (Å²) in [4.78, 5) is 0. The van der Waals surface area contributed by atoms with Crippen LogP contribution in [0.15, 0.2) is 200 Å². The average molecular weight is 764 g/mol. The van der Waals surface area contributed by atoms with E-state index in [1.165, 1.54) is 93.9 Å². The third-order valence-corrected chi connectivity index (χ3v) is 11.4. The van der Waals surface area contributed by atoms with Crippen molar-refractivity contribution in [2.45, 2.75) is 40.5 Å². The van der Waals surface area contributed by atoms with Crippen LogP contribution in [0.1, 0.15) is 56.4 Å². The van der Waals surface area contributed by atoms with Crippen molar-refractivity contribution in [3.8, 4) is 11.1 Å². The number of rotatable bonds is 8. The molecule has 0 saturated heterocycles. The quantitative estimate of drug-likeness (QED) is 0.0905. The predicted molar refractivity (Wildman–Crippen MR) is 261 cm³/mol. The van der Waals surface area contributed by atoms with Gasteiger partial charge < -0.3 is 5.41 Å². The van der Waals surface area contributed by atoms with Crippen molar-refractivity contribution in [2.24, 2.45) is 5.92 Å². The van der Waals surface area contributed by atoms with Crippen LogP contribution in [0, 0.1) is 11.3 Å². The fraction of sp³-hybridized carbons (Fsp3) is 0.121. The first kappa shape index (κ1) is 40.4. The SMILES string of the molecule is C=C.CC.CC1=C(/C(=C\Cc2cc3ccccc3c3ccccc23)c2cccc(-c3cccc(/C=C\C=N)c3)c2)C=C(c2cc3ccccc3c3ccccc23)C(C)C1. The third kappa shape index (κ3) is 8.29. The summed E-state index contributed by atoms with van der Waals surface area (Å²) < 4.78 is 0. The molecule has 0 amide bonds. The van der Waals surface area contributed by atoms with Crippen molar-refractivity contribution in [1.82, 2.24) is 0 Å². The van der Waals surface area contributed by atoms with Gasteiger partial charge in [0, 0.05) is 6.21 Å². The van der Waals surface area contributed by atoms with E-state index in [0.717, 1.165) is 24.0 Å². The van der Waals surface area contributed by atoms with Crippen LogP contribution in [0.2, 0.25) is 0 Å². The van der Waals surface area contributed by atoms with Gasteiger partial charge in [-0.05, 0) is 143 Å². The summed E-state index contributed by atoms with van der Waals surface area (Å²) in [5, 5.41) is 17.9. The predicted octanol–water partition coefficient (Wildman–Crippen LogP) is 16.5. The molecule has 1 atom stereocenters. The van der Waals surface area contributed by atoms with E-state index >= 15 is 0 Å². The number of hydrogen-bond donors (Lipinski definition) is 1. The van der Waals surface area contributed by atoms with Crippen LogP contribution in [-0.2, 0) is 6.42 Å². The fourth-order valence-electron chi connectivity index (χ4n) is 8.79. The second-order valence-corrected chi connectivity index (χ2v) is 14.9. The maximum atomic E-state index is 7.47. The zero-order chi connectivity index (χ0) is 41.3. The summed E-state index contributed by atoms with van der Waals surface area (Å²) >= 11 is 0. The Morgan fingerprint density at radius 3 is 1.86 bits per heavy atom. The minimum Gasteiger partial charge on any atom is -0.309 e. The zero-order valence-corrected chi connectivity index (χ0v) is 34.8. The van der Waals surface area contributed by atoms with Crippen molar-refractivity contribution in [3.63, 3.8) is 0 Å². The fourth-order valence-corrected chi connectivity index (χ4v) is 8.79. The Hall–Kier alpha value is -6.83. The molecule has 9 rings (SSSR count). The molecule has 1 aliphatic carbocycles. The van der Waals surface area contributed by atoms with E-state index in [9.17, 15) is 0 Å². The number of benzene rings is 8. The van der Waals surface area contributed by atoms with Crippen LogP contribution >= 0.6 is 0 Å². The first-order chi connectivity index (χ1) is 29.1. The van der Waals surface area contributed by atoms with Crippen molar-refractivity contribution < 1.29 is 0 Å². The van der Waals surface area contributed by atoms with Crippen molar-refractivity contribution in [2.75, 3.05) is 0 Å². The van der Waals surface area contributed by atoms with Gasteiger partial charge in [0.1, 0.15) is 0 Å². The lowest BCUT2D eigenvalue weighted by Gasteiger charge is -2.27. The van der Waals surface area contributed by atoms with Crippen LogP contribution < -0.4 is 0 Å². The standard InChI is InChI=1S/C54H43N.C2H6.C2H4/c1-36-30-37(2)53(54-34-43-17-4-6-22-46(43)50-25-9-10-26-51(50)54)35-52(36)48(42-20-12-19-40(32-42)39-18-11-14-38(31-39)15-13-29-55)28-27-44-33-41-16-3-5-21-45(41)49-24-8-7-23-47(44)49;2*1-2/h3-26,28-29,31-35,37,55H,27,30H2,1-2H3;1-2H3;1-2H2/b15-13-,48-28-,55-29?;;. The lowest BCUT2D eigenvalue weighted by atomic mass is 9.77. The smallest absolute Gasteiger partial charge is 0.0177 e. The topological polar surface area (TPSA) is 23.9 Å². The summed E-state index contributed by atoms with van der Waals surface area (Å²) in [6.45, 7) is 14.7. The van der Waals surface area contributed by atoms with Crippen molar-refractivity contribution in [1.29, 1.82) is 5.41 Å². The van der Waals surface area contributed by atoms with Gasteiger partial charge in [0.15, 0.2) is 0 Å². The summed E-state index contributed by atoms with van der Waals surface area (Å²) in [5.74, 6) is 0.377. The van der Waals surface area contributed by atoms with E-state index in [1.54, 1.807) is 6.08 Å². The molecule has 290 valence electrons. The molecule has 0 aromatic heterocycles. The summed E-state index contributed by atoms with van der Waals surface area (Å²) in [5.41, 5.74) is 12.7. The molecule has 0 saturated carbocycles. The maximum absolute atomic E-state index is 7.47. The molecule has 1 N–H and O–H groups in total. The molecule has 0 heterocycles. The van der Waals surface area contributed by atoms with Gasteiger partial charge >= 0.3 is 0 Å². The molecule has 1 aliphatic rings. The van der Waals surface area contributed by atoms with E-state index in [0.29, 0.717) is 5.92 Å². The van der Waals surface area contributed by atoms with Gasteiger partial charge in [0.05, 0.1) is 0 Å². The highest BCUT2D eigenvalue weighted by Gasteiger charge is 2.24. The number of fused-ring (bicyclic) bond motifs is 6. The number of hydrogen-bond acceptors (Lipinski definition) is 1. The molecule has 1 heteroatoms. The van der Waals surface area contributed by atoms with Crippen LogP contribution in [0.5, 0.6) is 0 Å². The Balaban J connectivity index is 0.00000128. The molecule has 59 heavy (non-hydrogen) atoms. The van der Waals surface area contributed by atoms with E-state index in [-0.39, 0.29) is 0 Å². The molecule has 0 aliphatic heterocycles. The molecule has 1 unspecified atom stereocenters.